The Labute approximate surface area is 202 Å². The predicted molar refractivity (Wildman–Crippen MR) is 145 cm³/mol. The SMILES string of the molecule is Brc1cc(-c2ccccc2)c(-c2c(-c3ccccc3)ccc3ccccc23)c2ccccc12. The molecule has 0 nitrogen and oxygen atoms in total. The molecule has 33 heavy (non-hydrogen) atoms. The lowest BCUT2D eigenvalue weighted by molar-refractivity contribution is 1.59. The molecule has 0 bridgehead atoms. The van der Waals surface area contributed by atoms with Crippen molar-refractivity contribution in [3.8, 4) is 33.4 Å². The summed E-state index contributed by atoms with van der Waals surface area (Å²) in [6.45, 7) is 0. The van der Waals surface area contributed by atoms with E-state index in [2.05, 4.69) is 143 Å². The second-order valence-electron chi connectivity index (χ2n) is 8.27. The summed E-state index contributed by atoms with van der Waals surface area (Å²) in [7, 11) is 0. The highest BCUT2D eigenvalue weighted by molar-refractivity contribution is 9.10. The van der Waals surface area contributed by atoms with Gasteiger partial charge in [0, 0.05) is 4.47 Å². The summed E-state index contributed by atoms with van der Waals surface area (Å²) >= 11 is 3.86. The van der Waals surface area contributed by atoms with Crippen molar-refractivity contribution in [2.75, 3.05) is 0 Å². The Balaban J connectivity index is 1.84. The maximum absolute atomic E-state index is 3.86. The lowest BCUT2D eigenvalue weighted by atomic mass is 9.83. The van der Waals surface area contributed by atoms with Crippen LogP contribution in [-0.2, 0) is 0 Å². The third-order valence-electron chi connectivity index (χ3n) is 6.34. The largest absolute Gasteiger partial charge is 0.0622 e. The van der Waals surface area contributed by atoms with Gasteiger partial charge in [0.25, 0.3) is 0 Å². The van der Waals surface area contributed by atoms with Gasteiger partial charge in [-0.3, -0.25) is 0 Å². The zero-order valence-corrected chi connectivity index (χ0v) is 19.6. The molecule has 156 valence electrons. The third kappa shape index (κ3) is 3.46. The van der Waals surface area contributed by atoms with Gasteiger partial charge < -0.3 is 0 Å². The highest BCUT2D eigenvalue weighted by Crippen LogP contribution is 2.47. The summed E-state index contributed by atoms with van der Waals surface area (Å²) in [6.07, 6.45) is 0. The summed E-state index contributed by atoms with van der Waals surface area (Å²) in [6, 6.07) is 45.6. The first-order valence-electron chi connectivity index (χ1n) is 11.2. The van der Waals surface area contributed by atoms with E-state index in [0.29, 0.717) is 0 Å². The van der Waals surface area contributed by atoms with Gasteiger partial charge in [-0.25, -0.2) is 0 Å². The molecule has 0 aliphatic heterocycles. The van der Waals surface area contributed by atoms with Crippen molar-refractivity contribution < 1.29 is 0 Å². The molecule has 0 aliphatic carbocycles. The van der Waals surface area contributed by atoms with E-state index in [9.17, 15) is 0 Å². The Kier molecular flexibility index (Phi) is 5.05. The highest BCUT2D eigenvalue weighted by atomic mass is 79.9. The van der Waals surface area contributed by atoms with Crippen molar-refractivity contribution in [2.45, 2.75) is 0 Å². The lowest BCUT2D eigenvalue weighted by Crippen LogP contribution is -1.94. The van der Waals surface area contributed by atoms with E-state index < -0.39 is 0 Å². The van der Waals surface area contributed by atoms with Crippen molar-refractivity contribution >= 4 is 37.5 Å². The van der Waals surface area contributed by atoms with Gasteiger partial charge in [-0.15, -0.1) is 0 Å². The molecule has 0 unspecified atom stereocenters. The van der Waals surface area contributed by atoms with Gasteiger partial charge in [-0.05, 0) is 61.0 Å². The summed E-state index contributed by atoms with van der Waals surface area (Å²) in [5.41, 5.74) is 7.47. The molecule has 0 saturated carbocycles. The molecule has 0 atom stereocenters. The van der Waals surface area contributed by atoms with Crippen molar-refractivity contribution in [1.29, 1.82) is 0 Å². The zero-order valence-electron chi connectivity index (χ0n) is 18.0. The molecule has 0 N–H and O–H groups in total. The van der Waals surface area contributed by atoms with Crippen LogP contribution in [0.3, 0.4) is 0 Å². The second-order valence-corrected chi connectivity index (χ2v) is 9.12. The smallest absolute Gasteiger partial charge is 0.0260 e. The second kappa shape index (κ2) is 8.35. The number of hydrogen-bond acceptors (Lipinski definition) is 0. The standard InChI is InChI=1S/C32H21Br/c33-30-21-29(23-13-5-2-6-14-23)32(28-18-10-9-17-27(28)30)31-25-16-8-7-15-24(25)19-20-26(31)22-11-3-1-4-12-22/h1-21H. The first-order chi connectivity index (χ1) is 16.3. The first-order valence-corrected chi connectivity index (χ1v) is 11.9. The Hall–Kier alpha value is -3.68. The number of halogens is 1. The van der Waals surface area contributed by atoms with Crippen molar-refractivity contribution in [1.82, 2.24) is 0 Å². The van der Waals surface area contributed by atoms with Gasteiger partial charge in [0.1, 0.15) is 0 Å². The van der Waals surface area contributed by atoms with Crippen LogP contribution in [-0.4, -0.2) is 0 Å². The molecule has 0 fully saturated rings. The summed E-state index contributed by atoms with van der Waals surface area (Å²) in [4.78, 5) is 0. The molecule has 6 rings (SSSR count). The van der Waals surface area contributed by atoms with E-state index in [-0.39, 0.29) is 0 Å². The van der Waals surface area contributed by atoms with Gasteiger partial charge in [-0.1, -0.05) is 137 Å². The molecule has 0 radical (unpaired) electrons. The highest BCUT2D eigenvalue weighted by Gasteiger charge is 2.20. The lowest BCUT2D eigenvalue weighted by Gasteiger charge is -2.20. The van der Waals surface area contributed by atoms with Gasteiger partial charge in [0.15, 0.2) is 0 Å². The quantitative estimate of drug-likeness (QED) is 0.234. The van der Waals surface area contributed by atoms with E-state index in [0.717, 1.165) is 4.47 Å². The molecular weight excluding hydrogens is 464 g/mol. The molecule has 0 aromatic heterocycles. The number of hydrogen-bond donors (Lipinski definition) is 0. The number of fused-ring (bicyclic) bond motifs is 2. The van der Waals surface area contributed by atoms with Crippen LogP contribution >= 0.6 is 15.9 Å². The van der Waals surface area contributed by atoms with Crippen molar-refractivity contribution in [3.05, 3.63) is 132 Å². The minimum Gasteiger partial charge on any atom is -0.0622 e. The first kappa shape index (κ1) is 20.0. The van der Waals surface area contributed by atoms with Crippen LogP contribution in [0.4, 0.5) is 0 Å². The van der Waals surface area contributed by atoms with Crippen LogP contribution in [0, 0.1) is 0 Å². The van der Waals surface area contributed by atoms with Crippen LogP contribution in [0.2, 0.25) is 0 Å². The molecular formula is C32H21Br. The molecule has 1 heteroatoms. The third-order valence-corrected chi connectivity index (χ3v) is 7.00. The number of rotatable bonds is 3. The minimum absolute atomic E-state index is 1.11. The van der Waals surface area contributed by atoms with Crippen LogP contribution < -0.4 is 0 Å². The average Bonchev–Trinajstić information content (AvgIpc) is 2.89. The van der Waals surface area contributed by atoms with Gasteiger partial charge in [0.2, 0.25) is 0 Å². The van der Waals surface area contributed by atoms with Crippen LogP contribution in [0.15, 0.2) is 132 Å². The van der Waals surface area contributed by atoms with Crippen LogP contribution in [0.5, 0.6) is 0 Å². The zero-order chi connectivity index (χ0) is 22.2. The van der Waals surface area contributed by atoms with Crippen molar-refractivity contribution in [3.63, 3.8) is 0 Å². The van der Waals surface area contributed by atoms with E-state index in [4.69, 9.17) is 0 Å². The van der Waals surface area contributed by atoms with E-state index in [1.54, 1.807) is 0 Å². The molecule has 0 saturated heterocycles. The molecule has 0 aliphatic rings. The topological polar surface area (TPSA) is 0 Å². The molecule has 0 spiro atoms. The van der Waals surface area contributed by atoms with Crippen molar-refractivity contribution in [2.24, 2.45) is 0 Å². The Morgan fingerprint density at radius 3 is 1.61 bits per heavy atom. The average molecular weight is 485 g/mol. The summed E-state index contributed by atoms with van der Waals surface area (Å²) in [5.74, 6) is 0. The number of benzene rings is 6. The summed E-state index contributed by atoms with van der Waals surface area (Å²) < 4.78 is 1.11. The Bertz CT molecular complexity index is 1600. The van der Waals surface area contributed by atoms with E-state index >= 15 is 0 Å². The van der Waals surface area contributed by atoms with E-state index in [1.165, 1.54) is 54.9 Å². The fourth-order valence-corrected chi connectivity index (χ4v) is 5.42. The van der Waals surface area contributed by atoms with Gasteiger partial charge in [0.05, 0.1) is 0 Å². The fourth-order valence-electron chi connectivity index (χ4n) is 4.84. The minimum atomic E-state index is 1.11. The maximum Gasteiger partial charge on any atom is 0.0260 e. The molecule has 6 aromatic rings. The molecule has 0 heterocycles. The van der Waals surface area contributed by atoms with Crippen LogP contribution in [0.25, 0.3) is 54.9 Å². The van der Waals surface area contributed by atoms with Crippen LogP contribution in [0.1, 0.15) is 0 Å². The Morgan fingerprint density at radius 1 is 0.394 bits per heavy atom. The predicted octanol–water partition coefficient (Wildman–Crippen LogP) is 9.76. The fraction of sp³-hybridized carbons (Fsp3) is 0. The molecule has 6 aromatic carbocycles. The van der Waals surface area contributed by atoms with E-state index in [1.807, 2.05) is 0 Å². The normalized spacial score (nSPS) is 11.2. The molecule has 0 amide bonds. The van der Waals surface area contributed by atoms with Gasteiger partial charge >= 0.3 is 0 Å². The maximum atomic E-state index is 3.86. The monoisotopic (exact) mass is 484 g/mol. The Morgan fingerprint density at radius 2 is 0.909 bits per heavy atom. The summed E-state index contributed by atoms with van der Waals surface area (Å²) in [5, 5.41) is 4.99. The van der Waals surface area contributed by atoms with Gasteiger partial charge in [-0.2, -0.15) is 0 Å².